The molecule has 0 aromatic heterocycles. The number of hydrogen-bond donors (Lipinski definition) is 2. The van der Waals surface area contributed by atoms with Crippen LogP contribution in [0.25, 0.3) is 0 Å². The Kier molecular flexibility index (Phi) is 14.9. The van der Waals surface area contributed by atoms with Gasteiger partial charge in [0.2, 0.25) is 5.91 Å². The van der Waals surface area contributed by atoms with Gasteiger partial charge in [0.25, 0.3) is 5.91 Å². The minimum Gasteiger partial charge on any atom is -0.493 e. The molecule has 4 aromatic carbocycles. The summed E-state index contributed by atoms with van der Waals surface area (Å²) in [4.78, 5) is 29.3. The van der Waals surface area contributed by atoms with Crippen molar-refractivity contribution in [2.45, 2.75) is 65.2 Å². The molecule has 1 aliphatic rings. The van der Waals surface area contributed by atoms with Gasteiger partial charge in [0.15, 0.2) is 0 Å². The summed E-state index contributed by atoms with van der Waals surface area (Å²) in [5, 5.41) is 6.77. The number of fused-ring (bicyclic) bond motifs is 1. The zero-order valence-electron chi connectivity index (χ0n) is 29.5. The van der Waals surface area contributed by atoms with Gasteiger partial charge in [-0.05, 0) is 73.7 Å². The third-order valence-electron chi connectivity index (χ3n) is 8.46. The number of hydrogen-bond acceptors (Lipinski definition) is 5. The minimum absolute atomic E-state index is 0. The number of para-hydroxylation sites is 1. The highest BCUT2D eigenvalue weighted by molar-refractivity contribution is 6.30. The summed E-state index contributed by atoms with van der Waals surface area (Å²) >= 11 is 6.57. The number of rotatable bonds is 15. The Morgan fingerprint density at radius 2 is 1.63 bits per heavy atom. The van der Waals surface area contributed by atoms with E-state index < -0.39 is 23.9 Å². The lowest BCUT2D eigenvalue weighted by Crippen LogP contribution is -2.45. The summed E-state index contributed by atoms with van der Waals surface area (Å²) in [5.74, 6) is -0.532. The van der Waals surface area contributed by atoms with Crippen LogP contribution >= 0.6 is 24.0 Å². The van der Waals surface area contributed by atoms with Crippen molar-refractivity contribution in [3.05, 3.63) is 130 Å². The van der Waals surface area contributed by atoms with Crippen LogP contribution in [0.5, 0.6) is 5.75 Å². The van der Waals surface area contributed by atoms with E-state index in [4.69, 9.17) is 21.1 Å². The maximum atomic E-state index is 14.3. The van der Waals surface area contributed by atoms with E-state index in [2.05, 4.69) is 55.7 Å². The fraction of sp³-hybridized carbons (Fsp3) is 0.366. The van der Waals surface area contributed by atoms with Crippen molar-refractivity contribution >= 4 is 41.5 Å². The van der Waals surface area contributed by atoms with Crippen molar-refractivity contribution in [3.63, 3.8) is 0 Å². The number of amides is 2. The smallest absolute Gasteiger partial charge is 0.256 e. The molecule has 0 bridgehead atoms. The molecule has 2 atom stereocenters. The number of carbonyl (C=O) groups excluding carboxylic acids is 2. The first-order valence-corrected chi connectivity index (χ1v) is 17.7. The molecule has 1 aliphatic heterocycles. The van der Waals surface area contributed by atoms with E-state index in [1.807, 2.05) is 42.5 Å². The number of benzene rings is 4. The first-order valence-electron chi connectivity index (χ1n) is 17.3. The van der Waals surface area contributed by atoms with E-state index >= 15 is 0 Å². The topological polar surface area (TPSA) is 79.9 Å². The van der Waals surface area contributed by atoms with Crippen LogP contribution in [0.2, 0.25) is 5.02 Å². The number of nitrogens with zero attached hydrogens (tertiary/aromatic N) is 1. The van der Waals surface area contributed by atoms with Crippen LogP contribution in [-0.4, -0.2) is 44.2 Å². The number of aryl methyl sites for hydroxylation is 1. The highest BCUT2D eigenvalue weighted by Gasteiger charge is 2.39. The van der Waals surface area contributed by atoms with Gasteiger partial charge < -0.3 is 25.0 Å². The van der Waals surface area contributed by atoms with Crippen molar-refractivity contribution < 1.29 is 23.5 Å². The van der Waals surface area contributed by atoms with Gasteiger partial charge in [-0.2, -0.15) is 0 Å². The zero-order valence-corrected chi connectivity index (χ0v) is 31.1. The molecule has 272 valence electrons. The van der Waals surface area contributed by atoms with E-state index in [0.29, 0.717) is 40.7 Å². The Bertz CT molecular complexity index is 1730. The molecule has 0 aliphatic carbocycles. The predicted octanol–water partition coefficient (Wildman–Crippen LogP) is 8.47. The third-order valence-corrected chi connectivity index (χ3v) is 8.70. The van der Waals surface area contributed by atoms with Crippen molar-refractivity contribution in [2.75, 3.05) is 31.1 Å². The fourth-order valence-electron chi connectivity index (χ4n) is 6.05. The summed E-state index contributed by atoms with van der Waals surface area (Å²) in [6, 6.07) is 29.8. The Morgan fingerprint density at radius 3 is 2.39 bits per heavy atom. The SMILES string of the molecule is CC(C)(C)CN1C(=O)C(CC(=O)NCc2ccccc2F)OC(c2ccccc2OCCCNCCCc2ccccc2)c2cc(Cl)ccc21.Cl. The fourth-order valence-corrected chi connectivity index (χ4v) is 6.23. The van der Waals surface area contributed by atoms with Crippen LogP contribution in [0, 0.1) is 11.2 Å². The largest absolute Gasteiger partial charge is 0.493 e. The second kappa shape index (κ2) is 19.0. The van der Waals surface area contributed by atoms with Gasteiger partial charge >= 0.3 is 0 Å². The van der Waals surface area contributed by atoms with E-state index in [9.17, 15) is 14.0 Å². The van der Waals surface area contributed by atoms with Gasteiger partial charge in [0.05, 0.1) is 13.0 Å². The van der Waals surface area contributed by atoms with Gasteiger partial charge in [-0.1, -0.05) is 99.1 Å². The summed E-state index contributed by atoms with van der Waals surface area (Å²) < 4.78 is 27.3. The van der Waals surface area contributed by atoms with Crippen LogP contribution in [0.1, 0.15) is 68.4 Å². The van der Waals surface area contributed by atoms with Crippen LogP contribution in [0.15, 0.2) is 97.1 Å². The third kappa shape index (κ3) is 11.5. The summed E-state index contributed by atoms with van der Waals surface area (Å²) in [6.07, 6.45) is 0.772. The lowest BCUT2D eigenvalue weighted by Gasteiger charge is -2.31. The second-order valence-corrected chi connectivity index (χ2v) is 14.3. The molecule has 5 rings (SSSR count). The van der Waals surface area contributed by atoms with Crippen molar-refractivity contribution in [3.8, 4) is 5.75 Å². The molecule has 2 unspecified atom stereocenters. The van der Waals surface area contributed by atoms with Crippen LogP contribution in [-0.2, 0) is 27.3 Å². The maximum absolute atomic E-state index is 14.3. The summed E-state index contributed by atoms with van der Waals surface area (Å²) in [5.41, 5.74) is 3.54. The monoisotopic (exact) mass is 735 g/mol. The Labute approximate surface area is 312 Å². The van der Waals surface area contributed by atoms with Crippen molar-refractivity contribution in [1.29, 1.82) is 0 Å². The molecule has 4 aromatic rings. The summed E-state index contributed by atoms with van der Waals surface area (Å²) in [6.45, 7) is 8.76. The lowest BCUT2D eigenvalue weighted by atomic mass is 9.94. The van der Waals surface area contributed by atoms with Gasteiger partial charge in [0.1, 0.15) is 23.8 Å². The van der Waals surface area contributed by atoms with E-state index in [-0.39, 0.29) is 36.7 Å². The highest BCUT2D eigenvalue weighted by Crippen LogP contribution is 2.43. The molecule has 7 nitrogen and oxygen atoms in total. The number of ether oxygens (including phenoxy) is 2. The van der Waals surface area contributed by atoms with Crippen molar-refractivity contribution in [2.24, 2.45) is 5.41 Å². The molecule has 0 fully saturated rings. The van der Waals surface area contributed by atoms with Gasteiger partial charge in [0, 0.05) is 40.5 Å². The molecule has 2 N–H and O–H groups in total. The average molecular weight is 737 g/mol. The predicted molar refractivity (Wildman–Crippen MR) is 204 cm³/mol. The molecule has 0 saturated heterocycles. The molecule has 10 heteroatoms. The Morgan fingerprint density at radius 1 is 0.922 bits per heavy atom. The number of anilines is 1. The second-order valence-electron chi connectivity index (χ2n) is 13.8. The average Bonchev–Trinajstić information content (AvgIpc) is 3.19. The minimum atomic E-state index is -1.12. The first-order chi connectivity index (χ1) is 24.1. The molecule has 0 saturated carbocycles. The number of carbonyl (C=O) groups is 2. The molecule has 0 radical (unpaired) electrons. The standard InChI is InChI=1S/C41H47ClFN3O4.ClH/c1-41(2,3)28-46-35-21-20-31(42)25-33(35)39(50-37(40(46)48)26-38(47)45-27-30-16-7-9-18-34(30)43)32-17-8-10-19-36(32)49-24-12-23-44-22-11-15-29-13-5-4-6-14-29;/h4-10,13-14,16-21,25,37,39,44H,11-12,15,22-24,26-28H2,1-3H3,(H,45,47);1H. The Hall–Kier alpha value is -3.95. The molecule has 0 spiro atoms. The highest BCUT2D eigenvalue weighted by atomic mass is 35.5. The van der Waals surface area contributed by atoms with Crippen LogP contribution in [0.3, 0.4) is 0 Å². The quantitative estimate of drug-likeness (QED) is 0.120. The van der Waals surface area contributed by atoms with Gasteiger partial charge in [-0.3, -0.25) is 9.59 Å². The van der Waals surface area contributed by atoms with Gasteiger partial charge in [-0.15, -0.1) is 12.4 Å². The van der Waals surface area contributed by atoms with E-state index in [1.165, 1.54) is 11.6 Å². The van der Waals surface area contributed by atoms with Crippen LogP contribution in [0.4, 0.5) is 10.1 Å². The normalized spacial score (nSPS) is 15.8. The molecular weight excluding hydrogens is 688 g/mol. The molecule has 1 heterocycles. The van der Waals surface area contributed by atoms with Gasteiger partial charge in [-0.25, -0.2) is 4.39 Å². The Balaban J connectivity index is 0.00000583. The zero-order chi connectivity index (χ0) is 35.5. The number of nitrogens with one attached hydrogen (secondary N) is 2. The van der Waals surface area contributed by atoms with E-state index in [1.54, 1.807) is 29.2 Å². The molecule has 2 amide bonds. The summed E-state index contributed by atoms with van der Waals surface area (Å²) in [7, 11) is 0. The molecular formula is C41H48Cl2FN3O4. The van der Waals surface area contributed by atoms with Crippen molar-refractivity contribution in [1.82, 2.24) is 10.6 Å². The molecule has 51 heavy (non-hydrogen) atoms. The van der Waals surface area contributed by atoms with E-state index in [0.717, 1.165) is 37.9 Å². The first kappa shape index (κ1) is 39.8. The van der Waals surface area contributed by atoms with Crippen LogP contribution < -0.4 is 20.3 Å². The number of halogens is 3. The maximum Gasteiger partial charge on any atom is 0.256 e. The lowest BCUT2D eigenvalue weighted by molar-refractivity contribution is -0.138.